The van der Waals surface area contributed by atoms with Crippen molar-refractivity contribution in [1.82, 2.24) is 0 Å². The summed E-state index contributed by atoms with van der Waals surface area (Å²) in [6.07, 6.45) is -0.599. The van der Waals surface area contributed by atoms with Crippen molar-refractivity contribution in [3.8, 4) is 5.75 Å². The van der Waals surface area contributed by atoms with Crippen molar-refractivity contribution >= 4 is 15.9 Å². The average molecular weight is 343 g/mol. The average Bonchev–Trinajstić information content (AvgIpc) is 2.42. The molecule has 2 aromatic carbocycles. The molecule has 0 heterocycles. The van der Waals surface area contributed by atoms with Gasteiger partial charge in [-0.05, 0) is 51.3 Å². The molecule has 1 N–H and O–H groups in total. The smallest absolute Gasteiger partial charge is 0.159 e. The topological polar surface area (TPSA) is 29.5 Å². The molecule has 0 amide bonds. The summed E-state index contributed by atoms with van der Waals surface area (Å²) in [5.74, 6) is -1.14. The lowest BCUT2D eigenvalue weighted by Gasteiger charge is -2.13. The SMILES string of the molecule is COc1ccc(C(O)Cc2ccc(F)c(F)c2)cc1Br. The van der Waals surface area contributed by atoms with E-state index in [9.17, 15) is 13.9 Å². The van der Waals surface area contributed by atoms with E-state index in [2.05, 4.69) is 15.9 Å². The first-order valence-corrected chi connectivity index (χ1v) is 6.76. The van der Waals surface area contributed by atoms with Crippen molar-refractivity contribution in [2.75, 3.05) is 7.11 Å². The molecule has 0 saturated heterocycles. The number of hydrogen-bond donors (Lipinski definition) is 1. The van der Waals surface area contributed by atoms with Crippen molar-refractivity contribution in [2.24, 2.45) is 0 Å². The van der Waals surface area contributed by atoms with Crippen molar-refractivity contribution in [1.29, 1.82) is 0 Å². The van der Waals surface area contributed by atoms with E-state index >= 15 is 0 Å². The third kappa shape index (κ3) is 3.35. The van der Waals surface area contributed by atoms with Crippen LogP contribution in [0.5, 0.6) is 5.75 Å². The van der Waals surface area contributed by atoms with E-state index in [1.54, 1.807) is 25.3 Å². The second-order valence-corrected chi connectivity index (χ2v) is 5.22. The highest BCUT2D eigenvalue weighted by Crippen LogP contribution is 2.29. The van der Waals surface area contributed by atoms with Crippen LogP contribution in [-0.2, 0) is 6.42 Å². The molecule has 0 spiro atoms. The monoisotopic (exact) mass is 342 g/mol. The maximum Gasteiger partial charge on any atom is 0.159 e. The standard InChI is InChI=1S/C15H13BrF2O2/c1-20-15-5-3-10(8-11(15)16)14(19)7-9-2-4-12(17)13(18)6-9/h2-6,8,14,19H,7H2,1H3. The van der Waals surface area contributed by atoms with Crippen molar-refractivity contribution < 1.29 is 18.6 Å². The Morgan fingerprint density at radius 3 is 2.50 bits per heavy atom. The van der Waals surface area contributed by atoms with Crippen LogP contribution in [0.15, 0.2) is 40.9 Å². The molecule has 0 bridgehead atoms. The van der Waals surface area contributed by atoms with Gasteiger partial charge in [0.25, 0.3) is 0 Å². The number of aliphatic hydroxyl groups excluding tert-OH is 1. The van der Waals surface area contributed by atoms with Gasteiger partial charge in [-0.25, -0.2) is 8.78 Å². The van der Waals surface area contributed by atoms with Gasteiger partial charge in [0.15, 0.2) is 11.6 Å². The van der Waals surface area contributed by atoms with Crippen LogP contribution >= 0.6 is 15.9 Å². The van der Waals surface area contributed by atoms with Gasteiger partial charge in [0, 0.05) is 6.42 Å². The molecule has 0 aliphatic carbocycles. The molecule has 0 aliphatic rings. The Hall–Kier alpha value is -1.46. The molecule has 0 aromatic heterocycles. The molecule has 0 fully saturated rings. The zero-order chi connectivity index (χ0) is 14.7. The number of aliphatic hydroxyl groups is 1. The first-order valence-electron chi connectivity index (χ1n) is 5.96. The Morgan fingerprint density at radius 1 is 1.15 bits per heavy atom. The minimum Gasteiger partial charge on any atom is -0.496 e. The number of halogens is 3. The summed E-state index contributed by atoms with van der Waals surface area (Å²) in [7, 11) is 1.55. The second-order valence-electron chi connectivity index (χ2n) is 4.36. The van der Waals surface area contributed by atoms with Gasteiger partial charge in [-0.2, -0.15) is 0 Å². The molecule has 5 heteroatoms. The van der Waals surface area contributed by atoms with Crippen molar-refractivity contribution in [3.63, 3.8) is 0 Å². The maximum atomic E-state index is 13.1. The predicted molar refractivity (Wildman–Crippen MR) is 75.7 cm³/mol. The van der Waals surface area contributed by atoms with Crippen LogP contribution in [0, 0.1) is 11.6 Å². The van der Waals surface area contributed by atoms with Gasteiger partial charge in [-0.3, -0.25) is 0 Å². The molecule has 106 valence electrons. The van der Waals surface area contributed by atoms with Gasteiger partial charge >= 0.3 is 0 Å². The van der Waals surface area contributed by atoms with E-state index in [1.165, 1.54) is 6.07 Å². The van der Waals surface area contributed by atoms with Gasteiger partial charge < -0.3 is 9.84 Å². The third-order valence-corrected chi connectivity index (χ3v) is 3.59. The number of rotatable bonds is 4. The summed E-state index contributed by atoms with van der Waals surface area (Å²) < 4.78 is 31.8. The molecule has 2 nitrogen and oxygen atoms in total. The Morgan fingerprint density at radius 2 is 1.90 bits per heavy atom. The number of ether oxygens (including phenoxy) is 1. The van der Waals surface area contributed by atoms with Crippen LogP contribution in [0.1, 0.15) is 17.2 Å². The number of hydrogen-bond acceptors (Lipinski definition) is 2. The molecule has 20 heavy (non-hydrogen) atoms. The van der Waals surface area contributed by atoms with Crippen molar-refractivity contribution in [2.45, 2.75) is 12.5 Å². The highest BCUT2D eigenvalue weighted by atomic mass is 79.9. The van der Waals surface area contributed by atoms with E-state index in [-0.39, 0.29) is 6.42 Å². The predicted octanol–water partition coefficient (Wildman–Crippen LogP) is 4.01. The normalized spacial score (nSPS) is 12.2. The lowest BCUT2D eigenvalue weighted by Crippen LogP contribution is -2.03. The zero-order valence-corrected chi connectivity index (χ0v) is 12.3. The first-order chi connectivity index (χ1) is 9.51. The highest BCUT2D eigenvalue weighted by molar-refractivity contribution is 9.10. The van der Waals surface area contributed by atoms with Gasteiger partial charge in [0.2, 0.25) is 0 Å². The van der Waals surface area contributed by atoms with Crippen LogP contribution in [0.2, 0.25) is 0 Å². The van der Waals surface area contributed by atoms with Crippen LogP contribution in [-0.4, -0.2) is 12.2 Å². The van der Waals surface area contributed by atoms with Gasteiger partial charge in [-0.15, -0.1) is 0 Å². The molecule has 0 radical (unpaired) electrons. The third-order valence-electron chi connectivity index (χ3n) is 2.97. The summed E-state index contributed by atoms with van der Waals surface area (Å²) in [5.41, 5.74) is 1.20. The number of benzene rings is 2. The lowest BCUT2D eigenvalue weighted by atomic mass is 10.0. The Kier molecular flexibility index (Phi) is 4.73. The fourth-order valence-electron chi connectivity index (χ4n) is 1.90. The van der Waals surface area contributed by atoms with E-state index in [1.807, 2.05) is 0 Å². The minimum atomic E-state index is -0.911. The van der Waals surface area contributed by atoms with Gasteiger partial charge in [0.05, 0.1) is 17.7 Å². The summed E-state index contributed by atoms with van der Waals surface area (Å²) in [6.45, 7) is 0. The molecular formula is C15H13BrF2O2. The minimum absolute atomic E-state index is 0.204. The summed E-state index contributed by atoms with van der Waals surface area (Å²) in [6, 6.07) is 8.81. The maximum absolute atomic E-state index is 13.1. The van der Waals surface area contributed by atoms with E-state index in [4.69, 9.17) is 4.74 Å². The van der Waals surface area contributed by atoms with E-state index in [0.717, 1.165) is 16.6 Å². The lowest BCUT2D eigenvalue weighted by molar-refractivity contribution is 0.178. The van der Waals surface area contributed by atoms with Crippen LogP contribution < -0.4 is 4.74 Å². The molecular weight excluding hydrogens is 330 g/mol. The summed E-state index contributed by atoms with van der Waals surface area (Å²) in [4.78, 5) is 0. The molecule has 0 aliphatic heterocycles. The fraction of sp³-hybridized carbons (Fsp3) is 0.200. The number of methoxy groups -OCH3 is 1. The molecule has 2 aromatic rings. The molecule has 0 saturated carbocycles. The van der Waals surface area contributed by atoms with Gasteiger partial charge in [-0.1, -0.05) is 12.1 Å². The van der Waals surface area contributed by atoms with Crippen LogP contribution in [0.4, 0.5) is 8.78 Å². The molecule has 1 atom stereocenters. The Bertz CT molecular complexity index is 617. The summed E-state index contributed by atoms with van der Waals surface area (Å²) >= 11 is 3.34. The van der Waals surface area contributed by atoms with Gasteiger partial charge in [0.1, 0.15) is 5.75 Å². The second kappa shape index (κ2) is 6.33. The quantitative estimate of drug-likeness (QED) is 0.909. The van der Waals surface area contributed by atoms with E-state index in [0.29, 0.717) is 16.9 Å². The Labute approximate surface area is 124 Å². The first kappa shape index (κ1) is 14.9. The van der Waals surface area contributed by atoms with Crippen LogP contribution in [0.3, 0.4) is 0 Å². The summed E-state index contributed by atoms with van der Waals surface area (Å²) in [5, 5.41) is 10.1. The van der Waals surface area contributed by atoms with Crippen molar-refractivity contribution in [3.05, 3.63) is 63.6 Å². The fourth-order valence-corrected chi connectivity index (χ4v) is 2.46. The van der Waals surface area contributed by atoms with Crippen LogP contribution in [0.25, 0.3) is 0 Å². The highest BCUT2D eigenvalue weighted by Gasteiger charge is 2.12. The molecule has 1 unspecified atom stereocenters. The largest absolute Gasteiger partial charge is 0.496 e. The zero-order valence-electron chi connectivity index (χ0n) is 10.7. The van der Waals surface area contributed by atoms with E-state index < -0.39 is 17.7 Å². The molecule has 2 rings (SSSR count). The Balaban J connectivity index is 2.17.